The Labute approximate surface area is 125 Å². The van der Waals surface area contributed by atoms with Gasteiger partial charge in [-0.1, -0.05) is 18.2 Å². The van der Waals surface area contributed by atoms with E-state index in [1.807, 2.05) is 12.3 Å². The highest BCUT2D eigenvalue weighted by molar-refractivity contribution is 5.95. The summed E-state index contributed by atoms with van der Waals surface area (Å²) >= 11 is 0. The van der Waals surface area contributed by atoms with Gasteiger partial charge in [0.05, 0.1) is 5.52 Å². The van der Waals surface area contributed by atoms with Crippen molar-refractivity contribution in [3.05, 3.63) is 64.8 Å². The molecule has 0 amide bonds. The molecule has 0 aliphatic rings. The summed E-state index contributed by atoms with van der Waals surface area (Å²) in [5, 5.41) is 4.70. The predicted octanol–water partition coefficient (Wildman–Crippen LogP) is 5.21. The molecule has 106 valence electrons. The van der Waals surface area contributed by atoms with Crippen LogP contribution in [0.3, 0.4) is 0 Å². The van der Waals surface area contributed by atoms with Crippen molar-refractivity contribution in [2.24, 2.45) is 0 Å². The van der Waals surface area contributed by atoms with Crippen LogP contribution in [0.5, 0.6) is 0 Å². The molecule has 0 saturated carbocycles. The minimum absolute atomic E-state index is 1.07. The number of anilines is 2. The third kappa shape index (κ3) is 2.62. The molecule has 0 spiro atoms. The van der Waals surface area contributed by atoms with E-state index in [4.69, 9.17) is 0 Å². The molecule has 2 heteroatoms. The van der Waals surface area contributed by atoms with Crippen molar-refractivity contribution in [3.63, 3.8) is 0 Å². The number of benzene rings is 2. The summed E-state index contributed by atoms with van der Waals surface area (Å²) in [4.78, 5) is 4.54. The predicted molar refractivity (Wildman–Crippen MR) is 90.4 cm³/mol. The van der Waals surface area contributed by atoms with E-state index in [-0.39, 0.29) is 0 Å². The van der Waals surface area contributed by atoms with Gasteiger partial charge >= 0.3 is 0 Å². The average molecular weight is 276 g/mol. The standard InChI is InChI=1S/C19H20N2/c1-12-9-13(2)11-16(10-12)21-18-7-8-20-19-15(4)14(3)5-6-17(18)19/h5-11H,1-4H3,(H,20,21). The van der Waals surface area contributed by atoms with E-state index in [0.29, 0.717) is 0 Å². The highest BCUT2D eigenvalue weighted by Gasteiger charge is 2.06. The van der Waals surface area contributed by atoms with Crippen molar-refractivity contribution in [3.8, 4) is 0 Å². The lowest BCUT2D eigenvalue weighted by atomic mass is 10.0. The van der Waals surface area contributed by atoms with Crippen LogP contribution >= 0.6 is 0 Å². The van der Waals surface area contributed by atoms with Gasteiger partial charge in [0, 0.05) is 23.0 Å². The topological polar surface area (TPSA) is 24.9 Å². The van der Waals surface area contributed by atoms with Crippen molar-refractivity contribution in [1.29, 1.82) is 0 Å². The number of hydrogen-bond donors (Lipinski definition) is 1. The molecule has 0 radical (unpaired) electrons. The zero-order valence-electron chi connectivity index (χ0n) is 13.0. The van der Waals surface area contributed by atoms with Crippen LogP contribution in [0.15, 0.2) is 42.6 Å². The zero-order chi connectivity index (χ0) is 15.0. The Morgan fingerprint density at radius 1 is 0.857 bits per heavy atom. The zero-order valence-corrected chi connectivity index (χ0v) is 13.0. The summed E-state index contributed by atoms with van der Waals surface area (Å²) in [5.74, 6) is 0. The number of fused-ring (bicyclic) bond motifs is 1. The number of aryl methyl sites for hydroxylation is 4. The molecule has 1 aromatic heterocycles. The van der Waals surface area contributed by atoms with Crippen LogP contribution in [0.25, 0.3) is 10.9 Å². The number of rotatable bonds is 2. The van der Waals surface area contributed by atoms with E-state index < -0.39 is 0 Å². The van der Waals surface area contributed by atoms with E-state index in [1.165, 1.54) is 27.6 Å². The van der Waals surface area contributed by atoms with Gasteiger partial charge in [0.2, 0.25) is 0 Å². The highest BCUT2D eigenvalue weighted by atomic mass is 14.9. The van der Waals surface area contributed by atoms with Crippen LogP contribution in [0, 0.1) is 27.7 Å². The Morgan fingerprint density at radius 3 is 2.29 bits per heavy atom. The molecule has 2 nitrogen and oxygen atoms in total. The smallest absolute Gasteiger partial charge is 0.0754 e. The first-order chi connectivity index (χ1) is 10.0. The van der Waals surface area contributed by atoms with Crippen molar-refractivity contribution < 1.29 is 0 Å². The molecule has 0 aliphatic carbocycles. The second kappa shape index (κ2) is 5.21. The molecular formula is C19H20N2. The molecule has 0 saturated heterocycles. The summed E-state index contributed by atoms with van der Waals surface area (Å²) < 4.78 is 0. The molecule has 3 aromatic rings. The van der Waals surface area contributed by atoms with Crippen LogP contribution in [-0.4, -0.2) is 4.98 Å². The van der Waals surface area contributed by atoms with E-state index in [9.17, 15) is 0 Å². The van der Waals surface area contributed by atoms with E-state index in [2.05, 4.69) is 68.3 Å². The maximum absolute atomic E-state index is 4.54. The van der Waals surface area contributed by atoms with Gasteiger partial charge in [-0.25, -0.2) is 0 Å². The van der Waals surface area contributed by atoms with Gasteiger partial charge in [-0.2, -0.15) is 0 Å². The lowest BCUT2D eigenvalue weighted by Gasteiger charge is -2.13. The Balaban J connectivity index is 2.11. The Kier molecular flexibility index (Phi) is 3.38. The van der Waals surface area contributed by atoms with Crippen molar-refractivity contribution in [2.75, 3.05) is 5.32 Å². The van der Waals surface area contributed by atoms with Crippen LogP contribution in [0.4, 0.5) is 11.4 Å². The maximum atomic E-state index is 4.54. The lowest BCUT2D eigenvalue weighted by molar-refractivity contribution is 1.31. The highest BCUT2D eigenvalue weighted by Crippen LogP contribution is 2.28. The summed E-state index contributed by atoms with van der Waals surface area (Å²) in [6, 6.07) is 12.9. The first kappa shape index (κ1) is 13.6. The summed E-state index contributed by atoms with van der Waals surface area (Å²) in [7, 11) is 0. The monoisotopic (exact) mass is 276 g/mol. The SMILES string of the molecule is Cc1cc(C)cc(Nc2ccnc3c(C)c(C)ccc23)c1. The molecule has 1 N–H and O–H groups in total. The molecule has 0 bridgehead atoms. The Hall–Kier alpha value is -2.35. The van der Waals surface area contributed by atoms with Crippen molar-refractivity contribution in [1.82, 2.24) is 4.98 Å². The van der Waals surface area contributed by atoms with E-state index in [0.717, 1.165) is 16.9 Å². The average Bonchev–Trinajstić information content (AvgIpc) is 2.42. The quantitative estimate of drug-likeness (QED) is 0.694. The van der Waals surface area contributed by atoms with Gasteiger partial charge in [-0.05, 0) is 68.1 Å². The molecule has 0 fully saturated rings. The molecule has 21 heavy (non-hydrogen) atoms. The second-order valence-corrected chi connectivity index (χ2v) is 5.76. The van der Waals surface area contributed by atoms with Gasteiger partial charge in [0.25, 0.3) is 0 Å². The fraction of sp³-hybridized carbons (Fsp3) is 0.211. The second-order valence-electron chi connectivity index (χ2n) is 5.76. The van der Waals surface area contributed by atoms with Crippen LogP contribution < -0.4 is 5.32 Å². The number of nitrogens with one attached hydrogen (secondary N) is 1. The largest absolute Gasteiger partial charge is 0.355 e. The minimum atomic E-state index is 1.07. The van der Waals surface area contributed by atoms with Crippen LogP contribution in [-0.2, 0) is 0 Å². The number of hydrogen-bond acceptors (Lipinski definition) is 2. The molecule has 3 rings (SSSR count). The summed E-state index contributed by atoms with van der Waals surface area (Å²) in [6.07, 6.45) is 1.87. The van der Waals surface area contributed by atoms with Gasteiger partial charge in [-0.15, -0.1) is 0 Å². The molecule has 0 aliphatic heterocycles. The van der Waals surface area contributed by atoms with Crippen LogP contribution in [0.1, 0.15) is 22.3 Å². The van der Waals surface area contributed by atoms with Gasteiger partial charge in [-0.3, -0.25) is 4.98 Å². The lowest BCUT2D eigenvalue weighted by Crippen LogP contribution is -1.95. The summed E-state index contributed by atoms with van der Waals surface area (Å²) in [5.41, 5.74) is 8.36. The van der Waals surface area contributed by atoms with Crippen LogP contribution in [0.2, 0.25) is 0 Å². The fourth-order valence-electron chi connectivity index (χ4n) is 2.77. The van der Waals surface area contributed by atoms with Gasteiger partial charge in [0.1, 0.15) is 0 Å². The first-order valence-electron chi connectivity index (χ1n) is 7.25. The Morgan fingerprint density at radius 2 is 1.57 bits per heavy atom. The molecule has 0 atom stereocenters. The molecule has 0 unspecified atom stereocenters. The first-order valence-corrected chi connectivity index (χ1v) is 7.25. The van der Waals surface area contributed by atoms with Gasteiger partial charge in [0.15, 0.2) is 0 Å². The third-order valence-corrected chi connectivity index (χ3v) is 3.94. The number of aromatic nitrogens is 1. The minimum Gasteiger partial charge on any atom is -0.355 e. The number of pyridine rings is 1. The van der Waals surface area contributed by atoms with E-state index >= 15 is 0 Å². The summed E-state index contributed by atoms with van der Waals surface area (Å²) in [6.45, 7) is 8.50. The number of nitrogens with zero attached hydrogens (tertiary/aromatic N) is 1. The van der Waals surface area contributed by atoms with Gasteiger partial charge < -0.3 is 5.32 Å². The fourth-order valence-corrected chi connectivity index (χ4v) is 2.77. The third-order valence-electron chi connectivity index (χ3n) is 3.94. The van der Waals surface area contributed by atoms with Crippen molar-refractivity contribution in [2.45, 2.75) is 27.7 Å². The molecule has 2 aromatic carbocycles. The molecular weight excluding hydrogens is 256 g/mol. The Bertz CT molecular complexity index is 799. The normalized spacial score (nSPS) is 10.9. The van der Waals surface area contributed by atoms with E-state index in [1.54, 1.807) is 0 Å². The maximum Gasteiger partial charge on any atom is 0.0754 e. The van der Waals surface area contributed by atoms with Crippen molar-refractivity contribution >= 4 is 22.3 Å². The molecule has 1 heterocycles.